The number of aromatic nitrogens is 1. The second-order valence-electron chi connectivity index (χ2n) is 8.38. The van der Waals surface area contributed by atoms with Crippen LogP contribution in [0.4, 0.5) is 10.1 Å². The fraction of sp³-hybridized carbons (Fsp3) is 0.333. The van der Waals surface area contributed by atoms with E-state index in [1.165, 1.54) is 24.3 Å². The van der Waals surface area contributed by atoms with Crippen molar-refractivity contribution in [2.24, 2.45) is 10.2 Å². The summed E-state index contributed by atoms with van der Waals surface area (Å²) in [6.45, 7) is 4.02. The maximum absolute atomic E-state index is 13.7. The largest absolute Gasteiger partial charge is 0.493 e. The summed E-state index contributed by atoms with van der Waals surface area (Å²) in [4.78, 5) is 29.6. The monoisotopic (exact) mass is 530 g/mol. The Morgan fingerprint density at radius 3 is 2.56 bits per heavy atom. The zero-order chi connectivity index (χ0) is 24.4. The quantitative estimate of drug-likeness (QED) is 0.402. The van der Waals surface area contributed by atoms with E-state index in [0.29, 0.717) is 15.7 Å². The van der Waals surface area contributed by atoms with Gasteiger partial charge in [0.1, 0.15) is 11.6 Å². The summed E-state index contributed by atoms with van der Waals surface area (Å²) in [5, 5.41) is 17.9. The van der Waals surface area contributed by atoms with Gasteiger partial charge in [0.2, 0.25) is 5.88 Å². The highest BCUT2D eigenvalue weighted by Crippen LogP contribution is 2.39. The molecule has 8 nitrogen and oxygen atoms in total. The minimum atomic E-state index is -0.650. The maximum Gasteiger partial charge on any atom is 0.295 e. The van der Waals surface area contributed by atoms with Crippen LogP contribution < -0.4 is 4.74 Å². The third-order valence-electron chi connectivity index (χ3n) is 5.96. The van der Waals surface area contributed by atoms with Crippen molar-refractivity contribution in [1.82, 2.24) is 9.88 Å². The number of halogens is 2. The van der Waals surface area contributed by atoms with Crippen molar-refractivity contribution in [3.8, 4) is 11.6 Å². The lowest BCUT2D eigenvalue weighted by Crippen LogP contribution is -2.49. The van der Waals surface area contributed by atoms with Gasteiger partial charge in [-0.3, -0.25) is 9.59 Å². The lowest BCUT2D eigenvalue weighted by Gasteiger charge is -2.38. The van der Waals surface area contributed by atoms with Crippen molar-refractivity contribution in [3.05, 3.63) is 52.3 Å². The molecule has 1 fully saturated rings. The SMILES string of the molecule is C[C@H]1CCC[C@H](C)N1C(=O)COc1ccc(C(=O)N=Nc2c(O)[nH]c3c(Br)cc(F)cc23)cc1. The molecular formula is C24H24BrFN4O4. The summed E-state index contributed by atoms with van der Waals surface area (Å²) in [6.07, 6.45) is 3.10. The van der Waals surface area contributed by atoms with Crippen molar-refractivity contribution < 1.29 is 23.8 Å². The summed E-state index contributed by atoms with van der Waals surface area (Å²) in [5.41, 5.74) is 0.639. The highest BCUT2D eigenvalue weighted by Gasteiger charge is 2.29. The zero-order valence-electron chi connectivity index (χ0n) is 18.7. The Morgan fingerprint density at radius 2 is 1.88 bits per heavy atom. The molecule has 0 radical (unpaired) electrons. The first kappa shape index (κ1) is 23.9. The minimum Gasteiger partial charge on any atom is -0.493 e. The number of amides is 2. The number of aromatic amines is 1. The molecule has 2 amide bonds. The number of aromatic hydroxyl groups is 1. The standard InChI is InChI=1S/C24H24BrFN4O4/c1-13-4-3-5-14(2)30(13)20(31)12-34-17-8-6-15(7-9-17)23(32)29-28-22-18-10-16(26)11-19(25)21(18)27-24(22)33/h6-11,13-14,27,33H,3-5,12H2,1-2H3/t13-,14-/m0/s1. The molecule has 1 aliphatic rings. The van der Waals surface area contributed by atoms with E-state index in [2.05, 4.69) is 31.1 Å². The van der Waals surface area contributed by atoms with Gasteiger partial charge in [0.05, 0.1) is 5.52 Å². The van der Waals surface area contributed by atoms with Crippen LogP contribution >= 0.6 is 15.9 Å². The van der Waals surface area contributed by atoms with E-state index < -0.39 is 11.7 Å². The molecular weight excluding hydrogens is 507 g/mol. The second kappa shape index (κ2) is 9.92. The highest BCUT2D eigenvalue weighted by molar-refractivity contribution is 9.10. The van der Waals surface area contributed by atoms with Gasteiger partial charge < -0.3 is 19.7 Å². The average molecular weight is 531 g/mol. The maximum atomic E-state index is 13.7. The van der Waals surface area contributed by atoms with Crippen LogP contribution in [0.1, 0.15) is 43.5 Å². The Balaban J connectivity index is 1.41. The van der Waals surface area contributed by atoms with Gasteiger partial charge in [-0.1, -0.05) is 0 Å². The van der Waals surface area contributed by atoms with Gasteiger partial charge in [-0.25, -0.2) is 4.39 Å². The molecule has 2 N–H and O–H groups in total. The van der Waals surface area contributed by atoms with Gasteiger partial charge in [-0.2, -0.15) is 0 Å². The number of piperidine rings is 1. The number of nitrogens with one attached hydrogen (secondary N) is 1. The summed E-state index contributed by atoms with van der Waals surface area (Å²) >= 11 is 3.21. The Labute approximate surface area is 203 Å². The molecule has 10 heteroatoms. The molecule has 0 unspecified atom stereocenters. The van der Waals surface area contributed by atoms with Crippen molar-refractivity contribution >= 4 is 44.3 Å². The van der Waals surface area contributed by atoms with Crippen LogP contribution in [0.5, 0.6) is 11.6 Å². The van der Waals surface area contributed by atoms with Crippen LogP contribution in [-0.2, 0) is 4.79 Å². The topological polar surface area (TPSA) is 107 Å². The highest BCUT2D eigenvalue weighted by atomic mass is 79.9. The first-order chi connectivity index (χ1) is 16.2. The number of fused-ring (bicyclic) bond motifs is 1. The molecule has 0 aliphatic carbocycles. The number of benzene rings is 2. The number of likely N-dealkylation sites (tertiary alicyclic amines) is 1. The van der Waals surface area contributed by atoms with E-state index in [1.807, 2.05) is 18.7 Å². The average Bonchev–Trinajstić information content (AvgIpc) is 3.11. The summed E-state index contributed by atoms with van der Waals surface area (Å²) < 4.78 is 19.8. The third kappa shape index (κ3) is 4.96. The number of rotatable bonds is 5. The Bertz CT molecular complexity index is 1250. The summed E-state index contributed by atoms with van der Waals surface area (Å²) in [5.74, 6) is -1.12. The molecule has 1 aliphatic heterocycles. The number of azo groups is 1. The molecule has 34 heavy (non-hydrogen) atoms. The molecule has 4 rings (SSSR count). The van der Waals surface area contributed by atoms with Crippen LogP contribution in [0, 0.1) is 5.82 Å². The van der Waals surface area contributed by atoms with E-state index in [9.17, 15) is 19.1 Å². The van der Waals surface area contributed by atoms with Gasteiger partial charge in [-0.05, 0) is 85.4 Å². The zero-order valence-corrected chi connectivity index (χ0v) is 20.3. The number of nitrogens with zero attached hydrogens (tertiary/aromatic N) is 3. The predicted molar refractivity (Wildman–Crippen MR) is 128 cm³/mol. The number of carbonyl (C=O) groups excluding carboxylic acids is 2. The van der Waals surface area contributed by atoms with Gasteiger partial charge in [0.25, 0.3) is 11.8 Å². The van der Waals surface area contributed by atoms with Crippen molar-refractivity contribution in [3.63, 3.8) is 0 Å². The molecule has 1 saturated heterocycles. The molecule has 2 atom stereocenters. The number of hydrogen-bond donors (Lipinski definition) is 2. The lowest BCUT2D eigenvalue weighted by atomic mass is 9.97. The fourth-order valence-corrected chi connectivity index (χ4v) is 4.80. The molecule has 0 spiro atoms. The molecule has 1 aromatic heterocycles. The van der Waals surface area contributed by atoms with Gasteiger partial charge in [0, 0.05) is 27.5 Å². The van der Waals surface area contributed by atoms with Gasteiger partial charge in [0.15, 0.2) is 12.3 Å². The second-order valence-corrected chi connectivity index (χ2v) is 9.23. The van der Waals surface area contributed by atoms with Crippen molar-refractivity contribution in [2.45, 2.75) is 45.2 Å². The first-order valence-corrected chi connectivity index (χ1v) is 11.7. The van der Waals surface area contributed by atoms with Crippen molar-refractivity contribution in [2.75, 3.05) is 6.61 Å². The normalized spacial score (nSPS) is 18.5. The summed E-state index contributed by atoms with van der Waals surface area (Å²) in [6, 6.07) is 9.00. The third-order valence-corrected chi connectivity index (χ3v) is 6.59. The van der Waals surface area contributed by atoms with Crippen LogP contribution in [0.25, 0.3) is 10.9 Å². The van der Waals surface area contributed by atoms with E-state index in [1.54, 1.807) is 12.1 Å². The summed E-state index contributed by atoms with van der Waals surface area (Å²) in [7, 11) is 0. The molecule has 3 aromatic rings. The Morgan fingerprint density at radius 1 is 1.21 bits per heavy atom. The van der Waals surface area contributed by atoms with Gasteiger partial charge >= 0.3 is 0 Å². The van der Waals surface area contributed by atoms with Crippen LogP contribution in [-0.4, -0.2) is 45.5 Å². The smallest absolute Gasteiger partial charge is 0.295 e. The van der Waals surface area contributed by atoms with E-state index in [-0.39, 0.29) is 47.1 Å². The van der Waals surface area contributed by atoms with Crippen molar-refractivity contribution in [1.29, 1.82) is 0 Å². The molecule has 2 aromatic carbocycles. The Hall–Kier alpha value is -3.27. The predicted octanol–water partition coefficient (Wildman–Crippen LogP) is 5.87. The number of hydrogen-bond acceptors (Lipinski definition) is 5. The van der Waals surface area contributed by atoms with Gasteiger partial charge in [-0.15, -0.1) is 10.2 Å². The molecule has 2 heterocycles. The van der Waals surface area contributed by atoms with E-state index in [0.717, 1.165) is 19.3 Å². The minimum absolute atomic E-state index is 0.0387. The fourth-order valence-electron chi connectivity index (χ4n) is 4.27. The molecule has 0 saturated carbocycles. The number of carbonyl (C=O) groups is 2. The number of ether oxygens (including phenoxy) is 1. The van der Waals surface area contributed by atoms with Crippen LogP contribution in [0.15, 0.2) is 51.1 Å². The number of H-pyrrole nitrogens is 1. The van der Waals surface area contributed by atoms with E-state index in [4.69, 9.17) is 4.74 Å². The molecule has 0 bridgehead atoms. The lowest BCUT2D eigenvalue weighted by molar-refractivity contribution is -0.139. The molecule has 178 valence electrons. The Kier molecular flexibility index (Phi) is 6.97. The first-order valence-electron chi connectivity index (χ1n) is 10.9. The van der Waals surface area contributed by atoms with E-state index >= 15 is 0 Å². The van der Waals surface area contributed by atoms with Crippen LogP contribution in [0.2, 0.25) is 0 Å². The van der Waals surface area contributed by atoms with Crippen LogP contribution in [0.3, 0.4) is 0 Å².